The molecule has 0 aliphatic heterocycles. The molecule has 3 aromatic heterocycles. The third-order valence-electron chi connectivity index (χ3n) is 3.87. The topological polar surface area (TPSA) is 39.9 Å². The van der Waals surface area contributed by atoms with Crippen LogP contribution in [-0.4, -0.2) is 14.8 Å². The lowest BCUT2D eigenvalue weighted by atomic mass is 10.2. The molecule has 0 radical (unpaired) electrons. The molecule has 0 amide bonds. The molecular formula is C17H19N3OS. The monoisotopic (exact) mass is 313 g/mol. The van der Waals surface area contributed by atoms with Crippen molar-refractivity contribution in [2.45, 2.75) is 33.9 Å². The van der Waals surface area contributed by atoms with Crippen molar-refractivity contribution in [2.75, 3.05) is 0 Å². The number of thiophene rings is 1. The van der Waals surface area contributed by atoms with Gasteiger partial charge in [-0.1, -0.05) is 18.2 Å². The highest BCUT2D eigenvalue weighted by Crippen LogP contribution is 2.30. The van der Waals surface area contributed by atoms with Crippen molar-refractivity contribution >= 4 is 22.2 Å². The Kier molecular flexibility index (Phi) is 4.24. The van der Waals surface area contributed by atoms with Gasteiger partial charge in [-0.2, -0.15) is 5.10 Å². The maximum atomic E-state index is 5.94. The number of hydrogen-bond acceptors (Lipinski definition) is 4. The van der Waals surface area contributed by atoms with Crippen LogP contribution in [0.15, 0.2) is 35.9 Å². The van der Waals surface area contributed by atoms with Crippen molar-refractivity contribution in [3.63, 3.8) is 0 Å². The number of nitrogens with zero attached hydrogens (tertiary/aromatic N) is 3. The van der Waals surface area contributed by atoms with E-state index in [2.05, 4.69) is 46.8 Å². The van der Waals surface area contributed by atoms with E-state index in [4.69, 9.17) is 4.74 Å². The first kappa shape index (κ1) is 14.8. The van der Waals surface area contributed by atoms with Crippen molar-refractivity contribution < 1.29 is 4.74 Å². The Morgan fingerprint density at radius 2 is 2.23 bits per heavy atom. The van der Waals surface area contributed by atoms with Crippen LogP contribution in [0.1, 0.15) is 23.1 Å². The zero-order valence-electron chi connectivity index (χ0n) is 13.0. The molecular weight excluding hydrogens is 294 g/mol. The summed E-state index contributed by atoms with van der Waals surface area (Å²) in [5.74, 6) is 0.603. The molecule has 0 N–H and O–H groups in total. The molecule has 0 fully saturated rings. The van der Waals surface area contributed by atoms with Crippen LogP contribution in [-0.2, 0) is 13.2 Å². The third kappa shape index (κ3) is 2.64. The van der Waals surface area contributed by atoms with Crippen LogP contribution in [0.3, 0.4) is 0 Å². The van der Waals surface area contributed by atoms with Crippen molar-refractivity contribution in [2.24, 2.45) is 0 Å². The van der Waals surface area contributed by atoms with Crippen LogP contribution in [0.2, 0.25) is 0 Å². The number of hydrogen-bond donors (Lipinski definition) is 0. The van der Waals surface area contributed by atoms with Gasteiger partial charge in [-0.15, -0.1) is 16.4 Å². The van der Waals surface area contributed by atoms with Gasteiger partial charge >= 0.3 is 0 Å². The van der Waals surface area contributed by atoms with Crippen molar-refractivity contribution in [3.05, 3.63) is 52.0 Å². The van der Waals surface area contributed by atoms with E-state index in [1.54, 1.807) is 11.3 Å². The molecule has 0 saturated heterocycles. The van der Waals surface area contributed by atoms with Gasteiger partial charge in [-0.3, -0.25) is 0 Å². The van der Waals surface area contributed by atoms with Crippen molar-refractivity contribution in [1.29, 1.82) is 0 Å². The maximum absolute atomic E-state index is 5.94. The van der Waals surface area contributed by atoms with Gasteiger partial charge < -0.3 is 9.30 Å². The molecule has 3 heterocycles. The Morgan fingerprint density at radius 1 is 1.36 bits per heavy atom. The van der Waals surface area contributed by atoms with Crippen LogP contribution < -0.4 is 4.74 Å². The molecule has 0 atom stereocenters. The fourth-order valence-corrected chi connectivity index (χ4v) is 3.15. The Bertz CT molecular complexity index is 803. The van der Waals surface area contributed by atoms with Crippen LogP contribution >= 0.6 is 11.3 Å². The van der Waals surface area contributed by atoms with Crippen LogP contribution in [0.4, 0.5) is 0 Å². The summed E-state index contributed by atoms with van der Waals surface area (Å²) in [7, 11) is 0. The maximum Gasteiger partial charge on any atom is 0.258 e. The van der Waals surface area contributed by atoms with Crippen molar-refractivity contribution in [1.82, 2.24) is 14.8 Å². The van der Waals surface area contributed by atoms with Gasteiger partial charge in [0, 0.05) is 22.5 Å². The molecule has 0 bridgehead atoms. The van der Waals surface area contributed by atoms with Crippen LogP contribution in [0.5, 0.6) is 5.88 Å². The van der Waals surface area contributed by atoms with Gasteiger partial charge in [0.1, 0.15) is 12.1 Å². The average molecular weight is 313 g/mol. The lowest BCUT2D eigenvalue weighted by molar-refractivity contribution is 0.296. The van der Waals surface area contributed by atoms with E-state index in [1.165, 1.54) is 16.1 Å². The summed E-state index contributed by atoms with van der Waals surface area (Å²) in [6.45, 7) is 7.62. The summed E-state index contributed by atoms with van der Waals surface area (Å²) < 4.78 is 8.18. The number of fused-ring (bicyclic) bond motifs is 1. The Hall–Kier alpha value is -2.14. The van der Waals surface area contributed by atoms with Crippen LogP contribution in [0, 0.1) is 13.8 Å². The van der Waals surface area contributed by atoms with E-state index in [-0.39, 0.29) is 0 Å². The van der Waals surface area contributed by atoms with Gasteiger partial charge in [-0.05, 0) is 37.8 Å². The second-order valence-corrected chi connectivity index (χ2v) is 6.20. The molecule has 0 saturated carbocycles. The summed E-state index contributed by atoms with van der Waals surface area (Å²) in [6.07, 6.45) is 6.01. The van der Waals surface area contributed by atoms with E-state index in [0.717, 1.165) is 17.4 Å². The summed E-state index contributed by atoms with van der Waals surface area (Å²) in [5, 5.41) is 11.5. The number of allylic oxidation sites excluding steroid dienone is 2. The first-order chi connectivity index (χ1) is 10.7. The van der Waals surface area contributed by atoms with E-state index in [1.807, 2.05) is 24.6 Å². The van der Waals surface area contributed by atoms with Crippen LogP contribution in [0.25, 0.3) is 10.9 Å². The molecule has 5 heteroatoms. The number of aryl methyl sites for hydroxylation is 1. The predicted molar refractivity (Wildman–Crippen MR) is 90.5 cm³/mol. The molecule has 22 heavy (non-hydrogen) atoms. The first-order valence-electron chi connectivity index (χ1n) is 7.29. The Morgan fingerprint density at radius 3 is 2.95 bits per heavy atom. The highest BCUT2D eigenvalue weighted by molar-refractivity contribution is 7.09. The minimum absolute atomic E-state index is 0.526. The van der Waals surface area contributed by atoms with E-state index >= 15 is 0 Å². The molecule has 114 valence electrons. The molecule has 3 aromatic rings. The molecule has 0 aromatic carbocycles. The quantitative estimate of drug-likeness (QED) is 0.661. The molecule has 0 spiro atoms. The molecule has 0 aliphatic carbocycles. The van der Waals surface area contributed by atoms with E-state index in [0.29, 0.717) is 12.5 Å². The number of rotatable bonds is 5. The predicted octanol–water partition coefficient (Wildman–Crippen LogP) is 4.26. The van der Waals surface area contributed by atoms with Gasteiger partial charge in [0.25, 0.3) is 5.88 Å². The number of ether oxygens (including phenoxy) is 1. The number of aromatic nitrogens is 3. The molecule has 0 aliphatic rings. The minimum Gasteiger partial charge on any atom is -0.469 e. The molecule has 0 unspecified atom stereocenters. The standard InChI is InChI=1S/C17H19N3OS/c1-4-5-8-20-13(3)12(2)15-10-18-19-17(16(15)20)21-11-14-7-6-9-22-14/h4-7,9-10H,8,11H2,1-3H3/b5-4+. The summed E-state index contributed by atoms with van der Waals surface area (Å²) in [4.78, 5) is 1.18. The second kappa shape index (κ2) is 6.32. The van der Waals surface area contributed by atoms with E-state index < -0.39 is 0 Å². The highest BCUT2D eigenvalue weighted by atomic mass is 32.1. The SMILES string of the molecule is C/C=C/Cn1c(C)c(C)c2cnnc(OCc3cccs3)c21. The van der Waals surface area contributed by atoms with Gasteiger partial charge in [0.05, 0.1) is 6.20 Å². The average Bonchev–Trinajstić information content (AvgIpc) is 3.13. The molecule has 4 nitrogen and oxygen atoms in total. The zero-order valence-corrected chi connectivity index (χ0v) is 13.9. The summed E-state index contributed by atoms with van der Waals surface area (Å²) in [5.41, 5.74) is 3.49. The van der Waals surface area contributed by atoms with Gasteiger partial charge in [-0.25, -0.2) is 0 Å². The largest absolute Gasteiger partial charge is 0.469 e. The summed E-state index contributed by atoms with van der Waals surface area (Å²) >= 11 is 1.68. The van der Waals surface area contributed by atoms with Gasteiger partial charge in [0.15, 0.2) is 0 Å². The van der Waals surface area contributed by atoms with Gasteiger partial charge in [0.2, 0.25) is 0 Å². The Labute approximate surface area is 134 Å². The van der Waals surface area contributed by atoms with Crippen molar-refractivity contribution in [3.8, 4) is 5.88 Å². The smallest absolute Gasteiger partial charge is 0.258 e. The Balaban J connectivity index is 2.03. The highest BCUT2D eigenvalue weighted by Gasteiger charge is 2.16. The zero-order chi connectivity index (χ0) is 15.5. The second-order valence-electron chi connectivity index (χ2n) is 5.17. The lowest BCUT2D eigenvalue weighted by Crippen LogP contribution is -2.03. The minimum atomic E-state index is 0.526. The summed E-state index contributed by atoms with van der Waals surface area (Å²) in [6, 6.07) is 4.09. The van der Waals surface area contributed by atoms with E-state index in [9.17, 15) is 0 Å². The normalized spacial score (nSPS) is 11.6. The third-order valence-corrected chi connectivity index (χ3v) is 4.72. The fourth-order valence-electron chi connectivity index (χ4n) is 2.53. The molecule has 3 rings (SSSR count). The fraction of sp³-hybridized carbons (Fsp3) is 0.294. The lowest BCUT2D eigenvalue weighted by Gasteiger charge is -2.09. The first-order valence-corrected chi connectivity index (χ1v) is 8.17.